The normalized spacial score (nSPS) is 23.6. The summed E-state index contributed by atoms with van der Waals surface area (Å²) in [6.45, 7) is 8.30. The molecule has 2 atom stereocenters. The molecule has 5 heteroatoms. The van der Waals surface area contributed by atoms with Crippen molar-refractivity contribution in [1.29, 1.82) is 0 Å². The number of carbonyl (C=O) groups excluding carboxylic acids is 2. The van der Waals surface area contributed by atoms with E-state index in [0.717, 1.165) is 30.5 Å². The number of hydrogen-bond donors (Lipinski definition) is 0. The Hall–Kier alpha value is -2.82. The van der Waals surface area contributed by atoms with Gasteiger partial charge in [0.15, 0.2) is 6.61 Å². The van der Waals surface area contributed by atoms with E-state index in [-0.39, 0.29) is 29.3 Å². The molecule has 2 unspecified atom stereocenters. The van der Waals surface area contributed by atoms with E-state index in [0.29, 0.717) is 18.3 Å². The summed E-state index contributed by atoms with van der Waals surface area (Å²) in [6.07, 6.45) is 3.36. The van der Waals surface area contributed by atoms with Crippen LogP contribution in [-0.2, 0) is 11.3 Å². The van der Waals surface area contributed by atoms with E-state index in [1.54, 1.807) is 11.9 Å². The number of likely N-dealkylation sites (N-methyl/N-ethyl adjacent to an activating group) is 1. The standard InChI is InChI=1S/C27H34N2O3/c1-26(2)14-22-15-27(3,18-26)19-29(22)25(31)21-12-10-20(11-13-21)16-28(4)24(30)17-32-23-8-6-5-7-9-23/h5-13,22H,14-19H2,1-4H3. The van der Waals surface area contributed by atoms with Gasteiger partial charge in [0.1, 0.15) is 5.75 Å². The van der Waals surface area contributed by atoms with Crippen molar-refractivity contribution in [3.8, 4) is 5.75 Å². The molecule has 1 heterocycles. The molecule has 2 fully saturated rings. The molecule has 1 aliphatic heterocycles. The van der Waals surface area contributed by atoms with Gasteiger partial charge in [-0.05, 0) is 59.9 Å². The Morgan fingerprint density at radius 3 is 2.41 bits per heavy atom. The minimum atomic E-state index is -0.0887. The first kappa shape index (κ1) is 22.4. The zero-order chi connectivity index (χ0) is 22.9. The van der Waals surface area contributed by atoms with Crippen molar-refractivity contribution in [2.45, 2.75) is 52.6 Å². The molecular weight excluding hydrogens is 400 g/mol. The van der Waals surface area contributed by atoms with Gasteiger partial charge < -0.3 is 14.5 Å². The second-order valence-corrected chi connectivity index (χ2v) is 10.7. The van der Waals surface area contributed by atoms with E-state index in [2.05, 4.69) is 25.7 Å². The molecule has 2 aromatic rings. The van der Waals surface area contributed by atoms with Gasteiger partial charge in [-0.15, -0.1) is 0 Å². The lowest BCUT2D eigenvalue weighted by Crippen LogP contribution is -2.37. The van der Waals surface area contributed by atoms with Gasteiger partial charge in [0.05, 0.1) is 0 Å². The molecule has 32 heavy (non-hydrogen) atoms. The van der Waals surface area contributed by atoms with Crippen molar-refractivity contribution in [3.63, 3.8) is 0 Å². The van der Waals surface area contributed by atoms with E-state index in [9.17, 15) is 9.59 Å². The van der Waals surface area contributed by atoms with Crippen LogP contribution in [0.25, 0.3) is 0 Å². The maximum absolute atomic E-state index is 13.2. The van der Waals surface area contributed by atoms with E-state index >= 15 is 0 Å². The third kappa shape index (κ3) is 4.98. The Labute approximate surface area is 191 Å². The van der Waals surface area contributed by atoms with Crippen molar-refractivity contribution in [1.82, 2.24) is 9.80 Å². The lowest BCUT2D eigenvalue weighted by molar-refractivity contribution is -0.132. The van der Waals surface area contributed by atoms with E-state index < -0.39 is 0 Å². The van der Waals surface area contributed by atoms with Crippen LogP contribution in [0.5, 0.6) is 5.75 Å². The van der Waals surface area contributed by atoms with Crippen LogP contribution < -0.4 is 4.74 Å². The van der Waals surface area contributed by atoms with Gasteiger partial charge in [-0.25, -0.2) is 0 Å². The minimum absolute atomic E-state index is 0.00253. The molecule has 1 aliphatic carbocycles. The minimum Gasteiger partial charge on any atom is -0.484 e. The molecule has 1 saturated heterocycles. The maximum atomic E-state index is 13.2. The number of para-hydroxylation sites is 1. The van der Waals surface area contributed by atoms with Crippen LogP contribution in [0.3, 0.4) is 0 Å². The summed E-state index contributed by atoms with van der Waals surface area (Å²) in [6, 6.07) is 17.3. The van der Waals surface area contributed by atoms with E-state index in [1.165, 1.54) is 6.42 Å². The number of amides is 2. The molecule has 4 rings (SSSR count). The third-order valence-corrected chi connectivity index (χ3v) is 6.83. The Morgan fingerprint density at radius 2 is 1.72 bits per heavy atom. The number of nitrogens with zero attached hydrogens (tertiary/aromatic N) is 2. The van der Waals surface area contributed by atoms with Gasteiger partial charge in [-0.3, -0.25) is 9.59 Å². The van der Waals surface area contributed by atoms with Crippen molar-refractivity contribution >= 4 is 11.8 Å². The van der Waals surface area contributed by atoms with Crippen LogP contribution in [-0.4, -0.2) is 47.9 Å². The first-order valence-electron chi connectivity index (χ1n) is 11.5. The summed E-state index contributed by atoms with van der Waals surface area (Å²) in [5.41, 5.74) is 2.24. The molecule has 2 aliphatic rings. The number of likely N-dealkylation sites (tertiary alicyclic amines) is 1. The molecule has 2 bridgehead atoms. The van der Waals surface area contributed by atoms with Crippen LogP contribution >= 0.6 is 0 Å². The van der Waals surface area contributed by atoms with Crippen molar-refractivity contribution < 1.29 is 14.3 Å². The topological polar surface area (TPSA) is 49.9 Å². The van der Waals surface area contributed by atoms with E-state index in [4.69, 9.17) is 4.74 Å². The SMILES string of the molecule is CN(Cc1ccc(C(=O)N2CC3(C)CC2CC(C)(C)C3)cc1)C(=O)COc1ccccc1. The predicted molar refractivity (Wildman–Crippen MR) is 125 cm³/mol. The summed E-state index contributed by atoms with van der Waals surface area (Å²) >= 11 is 0. The van der Waals surface area contributed by atoms with Gasteiger partial charge >= 0.3 is 0 Å². The largest absolute Gasteiger partial charge is 0.484 e. The lowest BCUT2D eigenvalue weighted by Gasteiger charge is -2.39. The molecule has 170 valence electrons. The highest BCUT2D eigenvalue weighted by Gasteiger charge is 2.50. The summed E-state index contributed by atoms with van der Waals surface area (Å²) < 4.78 is 5.55. The summed E-state index contributed by atoms with van der Waals surface area (Å²) in [5.74, 6) is 0.721. The van der Waals surface area contributed by atoms with Crippen LogP contribution in [0.2, 0.25) is 0 Å². The number of carbonyl (C=O) groups is 2. The van der Waals surface area contributed by atoms with Gasteiger partial charge in [0, 0.05) is 31.7 Å². The number of ether oxygens (including phenoxy) is 1. The third-order valence-electron chi connectivity index (χ3n) is 6.83. The highest BCUT2D eigenvalue weighted by molar-refractivity contribution is 5.94. The average Bonchev–Trinajstić information content (AvgIpc) is 3.01. The second kappa shape index (κ2) is 8.61. The molecule has 2 amide bonds. The highest BCUT2D eigenvalue weighted by Crippen LogP contribution is 2.52. The summed E-state index contributed by atoms with van der Waals surface area (Å²) in [5, 5.41) is 0. The average molecular weight is 435 g/mol. The van der Waals surface area contributed by atoms with Crippen molar-refractivity contribution in [3.05, 3.63) is 65.7 Å². The smallest absolute Gasteiger partial charge is 0.260 e. The fraction of sp³-hybridized carbons (Fsp3) is 0.481. The quantitative estimate of drug-likeness (QED) is 0.658. The molecule has 1 saturated carbocycles. The van der Waals surface area contributed by atoms with Gasteiger partial charge in [0.2, 0.25) is 0 Å². The Kier molecular flexibility index (Phi) is 6.02. The van der Waals surface area contributed by atoms with Gasteiger partial charge in [-0.1, -0.05) is 51.1 Å². The monoisotopic (exact) mass is 434 g/mol. The van der Waals surface area contributed by atoms with Gasteiger partial charge in [0.25, 0.3) is 11.8 Å². The molecule has 2 aromatic carbocycles. The van der Waals surface area contributed by atoms with Crippen molar-refractivity contribution in [2.75, 3.05) is 20.2 Å². The second-order valence-electron chi connectivity index (χ2n) is 10.7. The van der Waals surface area contributed by atoms with Crippen LogP contribution in [0, 0.1) is 10.8 Å². The van der Waals surface area contributed by atoms with Crippen LogP contribution in [0.4, 0.5) is 0 Å². The number of benzene rings is 2. The highest BCUT2D eigenvalue weighted by atomic mass is 16.5. The van der Waals surface area contributed by atoms with Crippen molar-refractivity contribution in [2.24, 2.45) is 10.8 Å². The number of rotatable bonds is 6. The fourth-order valence-electron chi connectivity index (χ4n) is 5.75. The zero-order valence-electron chi connectivity index (χ0n) is 19.6. The molecule has 0 N–H and O–H groups in total. The lowest BCUT2D eigenvalue weighted by atomic mass is 9.65. The van der Waals surface area contributed by atoms with Crippen LogP contribution in [0.15, 0.2) is 54.6 Å². The van der Waals surface area contributed by atoms with Crippen LogP contribution in [0.1, 0.15) is 56.0 Å². The first-order valence-corrected chi connectivity index (χ1v) is 11.5. The zero-order valence-corrected chi connectivity index (χ0v) is 19.6. The predicted octanol–water partition coefficient (Wildman–Crippen LogP) is 4.76. The molecule has 0 aromatic heterocycles. The maximum Gasteiger partial charge on any atom is 0.260 e. The van der Waals surface area contributed by atoms with Gasteiger partial charge in [-0.2, -0.15) is 0 Å². The molecule has 0 radical (unpaired) electrons. The van der Waals surface area contributed by atoms with E-state index in [1.807, 2.05) is 54.6 Å². The molecule has 0 spiro atoms. The fourth-order valence-corrected chi connectivity index (χ4v) is 5.75. The summed E-state index contributed by atoms with van der Waals surface area (Å²) in [7, 11) is 1.77. The summed E-state index contributed by atoms with van der Waals surface area (Å²) in [4.78, 5) is 29.4. The molecular formula is C27H34N2O3. The Bertz CT molecular complexity index is 970. The Morgan fingerprint density at radius 1 is 1.03 bits per heavy atom. The number of hydrogen-bond acceptors (Lipinski definition) is 3. The first-order chi connectivity index (χ1) is 15.1. The molecule has 5 nitrogen and oxygen atoms in total. The Balaban J connectivity index is 1.34. The number of fused-ring (bicyclic) bond motifs is 2.